The number of carbonyl (C=O) groups is 4. The molecule has 8 bridgehead atoms. The van der Waals surface area contributed by atoms with Gasteiger partial charge in [-0.1, -0.05) is 24.3 Å². The van der Waals surface area contributed by atoms with E-state index in [0.717, 1.165) is 133 Å². The fraction of sp³-hybridized carbons (Fsp3) is 0.348. The van der Waals surface area contributed by atoms with Gasteiger partial charge >= 0.3 is 0 Å². The number of pyridine rings is 9. The van der Waals surface area contributed by atoms with Gasteiger partial charge in [0.25, 0.3) is 23.6 Å². The maximum atomic E-state index is 14.3. The molecule has 16 heterocycles. The number of amides is 4. The van der Waals surface area contributed by atoms with E-state index in [2.05, 4.69) is 81.1 Å². The molecular formula is C89H91FN20O7. The lowest BCUT2D eigenvalue weighted by Gasteiger charge is -2.34. The number of aromatic nitrogens is 12. The Balaban J connectivity index is 0.000000112. The summed E-state index contributed by atoms with van der Waals surface area (Å²) in [6.07, 6.45) is 29.6. The molecule has 20 rings (SSSR count). The number of nitrogens with zero attached hydrogens (tertiary/aromatic N) is 16. The summed E-state index contributed by atoms with van der Waals surface area (Å²) in [6, 6.07) is 33.0. The minimum atomic E-state index is -0.488. The maximum Gasteiger partial charge on any atom is 0.273 e. The number of oxazole rings is 3. The summed E-state index contributed by atoms with van der Waals surface area (Å²) in [7, 11) is 0. The monoisotopic (exact) mass is 1570 g/mol. The van der Waals surface area contributed by atoms with Crippen molar-refractivity contribution >= 4 is 46.9 Å². The van der Waals surface area contributed by atoms with E-state index in [4.69, 9.17) is 13.3 Å². The van der Waals surface area contributed by atoms with Gasteiger partial charge in [0, 0.05) is 105 Å². The molecule has 4 aliphatic heterocycles. The van der Waals surface area contributed by atoms with Crippen LogP contribution in [0.25, 0.3) is 45.9 Å². The average molecular weight is 1570 g/mol. The summed E-state index contributed by atoms with van der Waals surface area (Å²) in [5.74, 6) is 5.83. The van der Waals surface area contributed by atoms with Crippen molar-refractivity contribution in [2.24, 2.45) is 23.7 Å². The Morgan fingerprint density at radius 3 is 1.15 bits per heavy atom. The highest BCUT2D eigenvalue weighted by Crippen LogP contribution is 2.45. The number of carbonyl (C=O) groups excluding carboxylic acids is 4. The molecule has 12 aromatic rings. The van der Waals surface area contributed by atoms with Gasteiger partial charge in [-0.15, -0.1) is 0 Å². The van der Waals surface area contributed by atoms with E-state index >= 15 is 0 Å². The molecule has 12 aromatic heterocycles. The number of anilines is 4. The van der Waals surface area contributed by atoms with Crippen molar-refractivity contribution in [1.82, 2.24) is 79.4 Å². The summed E-state index contributed by atoms with van der Waals surface area (Å²) >= 11 is 0. The molecule has 0 aromatic carbocycles. The van der Waals surface area contributed by atoms with E-state index in [9.17, 15) is 23.6 Å². The molecule has 0 radical (unpaired) electrons. The zero-order chi connectivity index (χ0) is 80.5. The van der Waals surface area contributed by atoms with E-state index < -0.39 is 5.82 Å². The van der Waals surface area contributed by atoms with Gasteiger partial charge in [0.1, 0.15) is 70.5 Å². The quantitative estimate of drug-likeness (QED) is 0.0698. The van der Waals surface area contributed by atoms with Crippen molar-refractivity contribution < 1.29 is 36.8 Å². The predicted octanol–water partition coefficient (Wildman–Crippen LogP) is 14.1. The first kappa shape index (κ1) is 76.6. The molecule has 12 unspecified atom stereocenters. The molecule has 4 saturated carbocycles. The number of nitrogens with one attached hydrogen (secondary N) is 4. The van der Waals surface area contributed by atoms with Gasteiger partial charge in [-0.2, -0.15) is 0 Å². The van der Waals surface area contributed by atoms with Gasteiger partial charge in [-0.25, -0.2) is 54.2 Å². The normalized spacial score (nSPS) is 22.7. The molecule has 4 N–H and O–H groups in total. The van der Waals surface area contributed by atoms with Crippen LogP contribution in [0, 0.1) is 78.0 Å². The molecule has 596 valence electrons. The highest BCUT2D eigenvalue weighted by atomic mass is 19.1. The van der Waals surface area contributed by atoms with Crippen LogP contribution in [0.15, 0.2) is 197 Å². The van der Waals surface area contributed by atoms with Gasteiger partial charge < -0.3 is 54.1 Å². The van der Waals surface area contributed by atoms with Gasteiger partial charge in [0.2, 0.25) is 17.7 Å². The second-order valence-electron chi connectivity index (χ2n) is 32.2. The van der Waals surface area contributed by atoms with Crippen molar-refractivity contribution in [2.45, 2.75) is 148 Å². The highest BCUT2D eigenvalue weighted by molar-refractivity contribution is 6.02. The van der Waals surface area contributed by atoms with Crippen LogP contribution in [0.4, 0.5) is 27.7 Å². The van der Waals surface area contributed by atoms with Crippen molar-refractivity contribution in [3.05, 3.63) is 251 Å². The first-order valence-electron chi connectivity index (χ1n) is 40.0. The molecule has 117 heavy (non-hydrogen) atoms. The number of piperidine rings is 4. The van der Waals surface area contributed by atoms with Gasteiger partial charge in [0.05, 0.1) is 65.0 Å². The molecule has 4 saturated heterocycles. The Hall–Kier alpha value is -13.0. The zero-order valence-electron chi connectivity index (χ0n) is 66.1. The lowest BCUT2D eigenvalue weighted by molar-refractivity contribution is 0.0679. The molecule has 12 atom stereocenters. The number of hydrogen-bond donors (Lipinski definition) is 4. The largest absolute Gasteiger partial charge is 0.444 e. The number of likely N-dealkylation sites (tertiary alicyclic amines) is 4. The van der Waals surface area contributed by atoms with Crippen LogP contribution in [-0.4, -0.2) is 178 Å². The molecule has 28 heteroatoms. The summed E-state index contributed by atoms with van der Waals surface area (Å²) in [5.41, 5.74) is 11.0. The Morgan fingerprint density at radius 2 is 0.735 bits per heavy atom. The van der Waals surface area contributed by atoms with Gasteiger partial charge in [-0.3, -0.25) is 29.1 Å². The number of aryl methyl sites for hydroxylation is 7. The minimum Gasteiger partial charge on any atom is -0.444 e. The first-order chi connectivity index (χ1) is 56.8. The smallest absolute Gasteiger partial charge is 0.273 e. The van der Waals surface area contributed by atoms with E-state index in [1.54, 1.807) is 43.1 Å². The van der Waals surface area contributed by atoms with Gasteiger partial charge in [0.15, 0.2) is 5.82 Å². The molecule has 0 spiro atoms. The third-order valence-corrected chi connectivity index (χ3v) is 23.7. The van der Waals surface area contributed by atoms with Gasteiger partial charge in [-0.05, 0) is 230 Å². The summed E-state index contributed by atoms with van der Waals surface area (Å²) in [5, 5.41) is 14.1. The van der Waals surface area contributed by atoms with Crippen molar-refractivity contribution in [2.75, 3.05) is 47.4 Å². The molecule has 4 amide bonds. The van der Waals surface area contributed by atoms with Crippen LogP contribution in [0.5, 0.6) is 0 Å². The Kier molecular flexibility index (Phi) is 21.7. The van der Waals surface area contributed by atoms with Crippen molar-refractivity contribution in [3.8, 4) is 45.9 Å². The fourth-order valence-electron chi connectivity index (χ4n) is 18.3. The Bertz CT molecular complexity index is 5380. The van der Waals surface area contributed by atoms with Crippen LogP contribution < -0.4 is 21.3 Å². The van der Waals surface area contributed by atoms with Crippen LogP contribution in [0.3, 0.4) is 0 Å². The zero-order valence-corrected chi connectivity index (χ0v) is 66.1. The maximum absolute atomic E-state index is 14.3. The molecular weight excluding hydrogens is 1480 g/mol. The van der Waals surface area contributed by atoms with Crippen LogP contribution in [0.2, 0.25) is 0 Å². The van der Waals surface area contributed by atoms with Crippen molar-refractivity contribution in [3.63, 3.8) is 0 Å². The predicted molar refractivity (Wildman–Crippen MR) is 437 cm³/mol. The van der Waals surface area contributed by atoms with E-state index in [-0.39, 0.29) is 83.4 Å². The third kappa shape index (κ3) is 16.4. The lowest BCUT2D eigenvalue weighted by Crippen LogP contribution is -2.48. The van der Waals surface area contributed by atoms with Crippen molar-refractivity contribution in [1.29, 1.82) is 0 Å². The third-order valence-electron chi connectivity index (χ3n) is 23.7. The summed E-state index contributed by atoms with van der Waals surface area (Å²) in [6.45, 7) is 16.8. The molecule has 27 nitrogen and oxygen atoms in total. The highest BCUT2D eigenvalue weighted by Gasteiger charge is 2.52. The van der Waals surface area contributed by atoms with Crippen LogP contribution in [-0.2, 0) is 0 Å². The lowest BCUT2D eigenvalue weighted by atomic mass is 10.0. The molecule has 4 aliphatic carbocycles. The number of hydrogen-bond acceptors (Lipinski definition) is 23. The summed E-state index contributed by atoms with van der Waals surface area (Å²) < 4.78 is 30.7. The van der Waals surface area contributed by atoms with E-state index in [1.807, 2.05) is 172 Å². The Labute approximate surface area is 676 Å². The first-order valence-corrected chi connectivity index (χ1v) is 40.0. The SMILES string of the molecule is Cc1ccc(NC2CC3CC2N(C(=O)c2ccc(C)nc2-c2ncco2)C3)nc1.Cc1ccc(NC2CC3CC2N(C(=O)c2cccnc2-c2ncccc2F)C3)nc1.Cc1ccc(NC2CC3CC2N(C(=O)c2nc(C)ccc2-c2ncco2)C3)nc1.Cc1ccc(NC2CC3CC2N(C(=O)c2ncc(C)cc2-c2ncco2)C3)nc1. The van der Waals surface area contributed by atoms with Crippen LogP contribution in [0.1, 0.15) is 132 Å². The van der Waals surface area contributed by atoms with E-state index in [0.29, 0.717) is 87.2 Å². The Morgan fingerprint density at radius 1 is 0.350 bits per heavy atom. The second-order valence-corrected chi connectivity index (χ2v) is 32.2. The van der Waals surface area contributed by atoms with E-state index in [1.165, 1.54) is 37.1 Å². The minimum absolute atomic E-state index is 0.0124. The topological polar surface area (TPSA) is 323 Å². The molecule has 8 fully saturated rings. The van der Waals surface area contributed by atoms with Crippen LogP contribution >= 0.6 is 0 Å². The number of rotatable bonds is 16. The molecule has 8 aliphatic rings. The number of fused-ring (bicyclic) bond motifs is 8. The summed E-state index contributed by atoms with van der Waals surface area (Å²) in [4.78, 5) is 114. The average Bonchev–Trinajstić information content (AvgIpc) is 1.64. The standard InChI is InChI=1S/C23H22FN5O.3C22H23N5O2/c1-14-6-7-20(27-12-14)28-18-10-15-11-19(18)29(13-15)23(30)16-4-2-8-25-21(16)22-17(24)5-3-9-26-22;1-13-3-6-19(24-11-13)26-17-9-15-10-18(17)27(12-15)22(28)16-5-4-14(2)25-20(16)21-23-7-8-29-21;1-13-3-6-19(24-11-13)26-17-9-15-10-18(17)27(12-15)22(28)20-16(5-4-14(2)25-20)21-23-7-8-29-21;1-13-3-4-19(24-10-13)26-17-8-15-9-18(17)27(12-15)22(28)20-16(7-14(2)11-25-20)21-23-5-6-29-21/h2-9,12,15,18-19H,10-11,13H2,1H3,(H,27,28);2*3-8,11,15,17-18H,9-10,12H2,1-2H3,(H,24,26);3-7,10-11,15,17-18H,8-9,12H2,1-2H3,(H,24,26). The second kappa shape index (κ2) is 33.1. The number of halogens is 1. The fourth-order valence-corrected chi connectivity index (χ4v) is 18.3.